The van der Waals surface area contributed by atoms with E-state index in [0.29, 0.717) is 0 Å². The minimum Gasteiger partial charge on any atom is -0.333 e. The first kappa shape index (κ1) is 19.2. The first-order valence-corrected chi connectivity index (χ1v) is 7.80. The summed E-state index contributed by atoms with van der Waals surface area (Å²) in [7, 11) is 0. The number of anilines is 1. The number of halogens is 5. The van der Waals surface area contributed by atoms with Gasteiger partial charge in [0.2, 0.25) is 0 Å². The Hall–Kier alpha value is -2.12. The van der Waals surface area contributed by atoms with E-state index in [1.165, 1.54) is 24.3 Å². The first-order chi connectivity index (χ1) is 11.7. The lowest BCUT2D eigenvalue weighted by molar-refractivity contribution is -0.682. The van der Waals surface area contributed by atoms with Crippen LogP contribution in [0.4, 0.5) is 23.2 Å². The van der Waals surface area contributed by atoms with Gasteiger partial charge in [-0.25, -0.2) is 4.39 Å². The molecule has 0 aliphatic heterocycles. The molecule has 1 atom stereocenters. The standard InChI is InChI=1S/C17H15ClF4N2O/c1-10(11-5-7-12(19)8-6-11)23-9-15(25)24-16-13(17(20,21)22)3-2-4-14(16)18/h2-8,10,23H,9H2,1H3,(H,24,25)/p+1/t10-/m0/s1. The summed E-state index contributed by atoms with van der Waals surface area (Å²) in [5.41, 5.74) is -0.660. The minimum absolute atomic E-state index is 0.110. The fraction of sp³-hybridized carbons (Fsp3) is 0.235. The number of hydrogen-bond donors (Lipinski definition) is 2. The maximum atomic E-state index is 13.0. The number of para-hydroxylation sites is 1. The second-order valence-corrected chi connectivity index (χ2v) is 5.90. The van der Waals surface area contributed by atoms with Crippen LogP contribution in [0.1, 0.15) is 24.1 Å². The van der Waals surface area contributed by atoms with Crippen molar-refractivity contribution in [2.45, 2.75) is 19.1 Å². The molecular weight excluding hydrogens is 360 g/mol. The van der Waals surface area contributed by atoms with Gasteiger partial charge in [0.1, 0.15) is 11.9 Å². The Morgan fingerprint density at radius 2 is 1.84 bits per heavy atom. The Bertz CT molecular complexity index is 747. The van der Waals surface area contributed by atoms with Crippen molar-refractivity contribution in [2.75, 3.05) is 11.9 Å². The van der Waals surface area contributed by atoms with E-state index in [0.717, 1.165) is 11.6 Å². The molecule has 0 radical (unpaired) electrons. The number of quaternary nitrogens is 1. The van der Waals surface area contributed by atoms with E-state index in [1.807, 2.05) is 0 Å². The highest BCUT2D eigenvalue weighted by atomic mass is 35.5. The second kappa shape index (κ2) is 7.84. The van der Waals surface area contributed by atoms with Crippen molar-refractivity contribution < 1.29 is 27.7 Å². The molecule has 2 aromatic rings. The van der Waals surface area contributed by atoms with Crippen LogP contribution in [-0.2, 0) is 11.0 Å². The van der Waals surface area contributed by atoms with Crippen molar-refractivity contribution in [1.29, 1.82) is 0 Å². The molecule has 2 aromatic carbocycles. The molecule has 0 heterocycles. The average molecular weight is 376 g/mol. The van der Waals surface area contributed by atoms with Crippen molar-refractivity contribution in [3.63, 3.8) is 0 Å². The molecule has 1 amide bonds. The average Bonchev–Trinajstić information content (AvgIpc) is 2.54. The first-order valence-electron chi connectivity index (χ1n) is 7.43. The Balaban J connectivity index is 2.02. The highest BCUT2D eigenvalue weighted by Crippen LogP contribution is 2.38. The van der Waals surface area contributed by atoms with Gasteiger partial charge in [0.15, 0.2) is 6.54 Å². The summed E-state index contributed by atoms with van der Waals surface area (Å²) in [6, 6.07) is 8.92. The summed E-state index contributed by atoms with van der Waals surface area (Å²) in [6.45, 7) is 1.69. The summed E-state index contributed by atoms with van der Waals surface area (Å²) in [5.74, 6) is -0.986. The van der Waals surface area contributed by atoms with Gasteiger partial charge in [-0.05, 0) is 31.2 Å². The van der Waals surface area contributed by atoms with E-state index >= 15 is 0 Å². The molecule has 8 heteroatoms. The summed E-state index contributed by atoms with van der Waals surface area (Å²) in [4.78, 5) is 12.0. The van der Waals surface area contributed by atoms with Gasteiger partial charge in [-0.15, -0.1) is 0 Å². The third-order valence-electron chi connectivity index (χ3n) is 3.64. The summed E-state index contributed by atoms with van der Waals surface area (Å²) < 4.78 is 51.9. The van der Waals surface area contributed by atoms with Crippen molar-refractivity contribution in [3.05, 3.63) is 64.4 Å². The van der Waals surface area contributed by atoms with Crippen molar-refractivity contribution in [2.24, 2.45) is 0 Å². The lowest BCUT2D eigenvalue weighted by Gasteiger charge is -2.15. The van der Waals surface area contributed by atoms with Crippen molar-refractivity contribution in [1.82, 2.24) is 0 Å². The molecule has 0 saturated heterocycles. The smallest absolute Gasteiger partial charge is 0.333 e. The summed E-state index contributed by atoms with van der Waals surface area (Å²) in [5, 5.41) is 3.67. The molecule has 0 fully saturated rings. The van der Waals surface area contributed by atoms with Gasteiger partial charge in [-0.2, -0.15) is 13.2 Å². The maximum absolute atomic E-state index is 13.0. The third kappa shape index (κ3) is 5.17. The second-order valence-electron chi connectivity index (χ2n) is 5.49. The number of rotatable bonds is 5. The molecule has 0 aliphatic rings. The van der Waals surface area contributed by atoms with E-state index in [1.54, 1.807) is 24.4 Å². The number of benzene rings is 2. The van der Waals surface area contributed by atoms with Gasteiger partial charge in [0, 0.05) is 5.56 Å². The predicted molar refractivity (Wildman–Crippen MR) is 86.7 cm³/mol. The van der Waals surface area contributed by atoms with Crippen LogP contribution in [0.3, 0.4) is 0 Å². The van der Waals surface area contributed by atoms with Gasteiger partial charge in [-0.1, -0.05) is 29.8 Å². The van der Waals surface area contributed by atoms with E-state index in [4.69, 9.17) is 11.6 Å². The van der Waals surface area contributed by atoms with Crippen molar-refractivity contribution in [3.8, 4) is 0 Å². The number of nitrogens with two attached hydrogens (primary N) is 1. The Morgan fingerprint density at radius 3 is 2.44 bits per heavy atom. The largest absolute Gasteiger partial charge is 0.418 e. The molecule has 0 unspecified atom stereocenters. The van der Waals surface area contributed by atoms with Crippen LogP contribution in [0.25, 0.3) is 0 Å². The third-order valence-corrected chi connectivity index (χ3v) is 3.95. The molecule has 0 spiro atoms. The Kier molecular flexibility index (Phi) is 6.02. The molecule has 3 N–H and O–H groups in total. The number of carbonyl (C=O) groups is 1. The fourth-order valence-electron chi connectivity index (χ4n) is 2.26. The molecular formula is C17H16ClF4N2O+. The van der Waals surface area contributed by atoms with E-state index in [-0.39, 0.29) is 23.4 Å². The Morgan fingerprint density at radius 1 is 1.20 bits per heavy atom. The fourth-order valence-corrected chi connectivity index (χ4v) is 2.49. The number of amides is 1. The topological polar surface area (TPSA) is 45.7 Å². The molecule has 0 aliphatic carbocycles. The minimum atomic E-state index is -4.63. The van der Waals surface area contributed by atoms with Crippen LogP contribution in [-0.4, -0.2) is 12.5 Å². The quantitative estimate of drug-likeness (QED) is 0.768. The van der Waals surface area contributed by atoms with Crippen LogP contribution in [0.5, 0.6) is 0 Å². The number of nitrogens with one attached hydrogen (secondary N) is 1. The van der Waals surface area contributed by atoms with Crippen LogP contribution in [0.2, 0.25) is 5.02 Å². The number of hydrogen-bond acceptors (Lipinski definition) is 1. The van der Waals surface area contributed by atoms with Crippen molar-refractivity contribution >= 4 is 23.2 Å². The van der Waals surface area contributed by atoms with Gasteiger partial charge in [-0.3, -0.25) is 4.79 Å². The highest BCUT2D eigenvalue weighted by molar-refractivity contribution is 6.34. The highest BCUT2D eigenvalue weighted by Gasteiger charge is 2.34. The lowest BCUT2D eigenvalue weighted by Crippen LogP contribution is -2.86. The zero-order valence-electron chi connectivity index (χ0n) is 13.2. The van der Waals surface area contributed by atoms with Crippen LogP contribution < -0.4 is 10.6 Å². The predicted octanol–water partition coefficient (Wildman–Crippen LogP) is 3.76. The molecule has 25 heavy (non-hydrogen) atoms. The lowest BCUT2D eigenvalue weighted by atomic mass is 10.1. The van der Waals surface area contributed by atoms with E-state index < -0.39 is 23.3 Å². The van der Waals surface area contributed by atoms with Crippen LogP contribution in [0.15, 0.2) is 42.5 Å². The molecule has 0 bridgehead atoms. The monoisotopic (exact) mass is 375 g/mol. The van der Waals surface area contributed by atoms with Gasteiger partial charge in [0.25, 0.3) is 5.91 Å². The normalized spacial score (nSPS) is 12.7. The van der Waals surface area contributed by atoms with Crippen LogP contribution >= 0.6 is 11.6 Å². The summed E-state index contributed by atoms with van der Waals surface area (Å²) >= 11 is 5.79. The van der Waals surface area contributed by atoms with E-state index in [2.05, 4.69) is 5.32 Å². The van der Waals surface area contributed by atoms with Gasteiger partial charge in [0.05, 0.1) is 16.3 Å². The molecule has 2 rings (SSSR count). The summed E-state index contributed by atoms with van der Waals surface area (Å²) in [6.07, 6.45) is -4.63. The maximum Gasteiger partial charge on any atom is 0.418 e. The SMILES string of the molecule is C[C@H]([NH2+]CC(=O)Nc1c(Cl)cccc1C(F)(F)F)c1ccc(F)cc1. The number of carbonyl (C=O) groups excluding carboxylic acids is 1. The van der Waals surface area contributed by atoms with Gasteiger partial charge >= 0.3 is 6.18 Å². The van der Waals surface area contributed by atoms with E-state index in [9.17, 15) is 22.4 Å². The van der Waals surface area contributed by atoms with Gasteiger partial charge < -0.3 is 10.6 Å². The molecule has 0 saturated carbocycles. The molecule has 0 aromatic heterocycles. The molecule has 134 valence electrons. The number of alkyl halides is 3. The molecule has 3 nitrogen and oxygen atoms in total. The zero-order chi connectivity index (χ0) is 18.6. The Labute approximate surface area is 147 Å². The van der Waals surface area contributed by atoms with Crippen LogP contribution in [0, 0.1) is 5.82 Å². The zero-order valence-corrected chi connectivity index (χ0v) is 14.0.